The average Bonchev–Trinajstić information content (AvgIpc) is 2.78. The minimum atomic E-state index is -4.06. The molecule has 0 bridgehead atoms. The smallest absolute Gasteiger partial charge is 0.273 e. The molecule has 8 nitrogen and oxygen atoms in total. The molecule has 0 spiro atoms. The quantitative estimate of drug-likeness (QED) is 0.586. The number of sulfonamides is 1. The number of nitrogens with one attached hydrogen (secondary N) is 2. The van der Waals surface area contributed by atoms with Gasteiger partial charge in [0.15, 0.2) is 5.69 Å². The van der Waals surface area contributed by atoms with E-state index in [4.69, 9.17) is 5.14 Å². The van der Waals surface area contributed by atoms with Crippen molar-refractivity contribution < 1.29 is 17.4 Å². The first-order chi connectivity index (χ1) is 9.64. The number of carbonyl (C=O) groups is 1. The number of aromatic nitrogens is 2. The molecule has 0 aliphatic heterocycles. The molecule has 1 unspecified atom stereocenters. The number of rotatable bonds is 7. The summed E-state index contributed by atoms with van der Waals surface area (Å²) in [6, 6.07) is 0. The number of H-pyrrole nitrogens is 1. The van der Waals surface area contributed by atoms with Gasteiger partial charge in [-0.2, -0.15) is 5.10 Å². The van der Waals surface area contributed by atoms with Crippen LogP contribution in [0.25, 0.3) is 0 Å². The van der Waals surface area contributed by atoms with Crippen LogP contribution in [-0.2, 0) is 20.8 Å². The van der Waals surface area contributed by atoms with Gasteiger partial charge >= 0.3 is 0 Å². The van der Waals surface area contributed by atoms with Gasteiger partial charge in [0, 0.05) is 29.4 Å². The Morgan fingerprint density at radius 2 is 2.10 bits per heavy atom. The van der Waals surface area contributed by atoms with Crippen LogP contribution < -0.4 is 10.5 Å². The molecule has 0 saturated heterocycles. The van der Waals surface area contributed by atoms with Gasteiger partial charge in [0.05, 0.1) is 5.69 Å². The monoisotopic (exact) mass is 336 g/mol. The van der Waals surface area contributed by atoms with Crippen LogP contribution in [0.1, 0.15) is 42.4 Å². The lowest BCUT2D eigenvalue weighted by Crippen LogP contribution is -2.28. The first kappa shape index (κ1) is 17.8. The highest BCUT2D eigenvalue weighted by molar-refractivity contribution is 7.89. The normalized spacial score (nSPS) is 13.4. The summed E-state index contributed by atoms with van der Waals surface area (Å²) in [5.41, 5.74) is 0.0659. The molecule has 1 rings (SSSR count). The second-order valence-electron chi connectivity index (χ2n) is 4.90. The predicted octanol–water partition coefficient (Wildman–Crippen LogP) is -0.321. The van der Waals surface area contributed by atoms with Crippen LogP contribution in [0.15, 0.2) is 4.90 Å². The van der Waals surface area contributed by atoms with Crippen molar-refractivity contribution in [1.82, 2.24) is 15.5 Å². The summed E-state index contributed by atoms with van der Waals surface area (Å²) in [5.74, 6) is -0.334. The molecular weight excluding hydrogens is 316 g/mol. The molecular formula is C11H20N4O4S2. The standard InChI is InChI=1S/C11H20N4O4S2/c1-7(2)8-10(21(12,18)19)9(15-14-8)11(16)13-5-4-6-20(3)17/h7H,4-6H2,1-3H3,(H,13,16)(H,14,15)(H2,12,18,19). The fourth-order valence-corrected chi connectivity index (χ4v) is 3.29. The van der Waals surface area contributed by atoms with Gasteiger partial charge in [-0.3, -0.25) is 14.1 Å². The van der Waals surface area contributed by atoms with E-state index in [2.05, 4.69) is 15.5 Å². The maximum Gasteiger partial charge on any atom is 0.273 e. The van der Waals surface area contributed by atoms with Gasteiger partial charge in [0.1, 0.15) is 4.90 Å². The fourth-order valence-electron chi connectivity index (χ4n) is 1.74. The zero-order valence-electron chi connectivity index (χ0n) is 12.2. The number of hydrogen-bond acceptors (Lipinski definition) is 5. The molecule has 1 aromatic heterocycles. The topological polar surface area (TPSA) is 135 Å². The minimum Gasteiger partial charge on any atom is -0.351 e. The summed E-state index contributed by atoms with van der Waals surface area (Å²) < 4.78 is 34.2. The molecule has 0 saturated carbocycles. The number of aromatic amines is 1. The number of primary sulfonamides is 1. The third-order valence-corrected chi connectivity index (χ3v) is 4.56. The highest BCUT2D eigenvalue weighted by Crippen LogP contribution is 2.23. The van der Waals surface area contributed by atoms with E-state index in [9.17, 15) is 17.4 Å². The Morgan fingerprint density at radius 1 is 1.48 bits per heavy atom. The van der Waals surface area contributed by atoms with E-state index in [1.165, 1.54) is 0 Å². The summed E-state index contributed by atoms with van der Waals surface area (Å²) in [5, 5.41) is 14.0. The molecule has 1 atom stereocenters. The molecule has 0 aliphatic rings. The summed E-state index contributed by atoms with van der Waals surface area (Å²) in [6.45, 7) is 3.81. The van der Waals surface area contributed by atoms with E-state index >= 15 is 0 Å². The van der Waals surface area contributed by atoms with Gasteiger partial charge in [0.2, 0.25) is 10.0 Å². The number of carbonyl (C=O) groups excluding carboxylic acids is 1. The number of amides is 1. The molecule has 0 aromatic carbocycles. The van der Waals surface area contributed by atoms with Crippen LogP contribution in [-0.4, -0.2) is 47.3 Å². The van der Waals surface area contributed by atoms with Crippen molar-refractivity contribution >= 4 is 26.7 Å². The highest BCUT2D eigenvalue weighted by atomic mass is 32.2. The van der Waals surface area contributed by atoms with Gasteiger partial charge in [-0.15, -0.1) is 0 Å². The van der Waals surface area contributed by atoms with Crippen molar-refractivity contribution in [3.05, 3.63) is 11.4 Å². The van der Waals surface area contributed by atoms with Gasteiger partial charge in [-0.05, 0) is 12.3 Å². The SMILES string of the molecule is CC(C)c1[nH]nc(C(=O)NCCCS(C)=O)c1S(N)(=O)=O. The maximum absolute atomic E-state index is 12.0. The van der Waals surface area contributed by atoms with E-state index in [0.29, 0.717) is 17.9 Å². The molecule has 10 heteroatoms. The average molecular weight is 336 g/mol. The molecule has 1 amide bonds. The minimum absolute atomic E-state index is 0.171. The number of hydrogen-bond donors (Lipinski definition) is 3. The number of nitrogens with zero attached hydrogens (tertiary/aromatic N) is 1. The van der Waals surface area contributed by atoms with Crippen molar-refractivity contribution in [2.45, 2.75) is 31.1 Å². The Balaban J connectivity index is 2.93. The fraction of sp³-hybridized carbons (Fsp3) is 0.636. The van der Waals surface area contributed by atoms with Crippen molar-refractivity contribution in [1.29, 1.82) is 0 Å². The van der Waals surface area contributed by atoms with Gasteiger partial charge in [-0.25, -0.2) is 13.6 Å². The Labute approximate surface area is 126 Å². The molecule has 120 valence electrons. The molecule has 0 fully saturated rings. The summed E-state index contributed by atoms with van der Waals surface area (Å²) >= 11 is 0. The second kappa shape index (κ2) is 7.14. The van der Waals surface area contributed by atoms with Crippen molar-refractivity contribution in [2.24, 2.45) is 5.14 Å². The summed E-state index contributed by atoms with van der Waals surface area (Å²) in [7, 11) is -4.99. The summed E-state index contributed by atoms with van der Waals surface area (Å²) in [6.07, 6.45) is 2.10. The zero-order chi connectivity index (χ0) is 16.2. The molecule has 1 aromatic rings. The summed E-state index contributed by atoms with van der Waals surface area (Å²) in [4.78, 5) is 11.7. The molecule has 4 N–H and O–H groups in total. The Hall–Kier alpha value is -1.26. The lowest BCUT2D eigenvalue weighted by molar-refractivity contribution is 0.0945. The van der Waals surface area contributed by atoms with Crippen molar-refractivity contribution in [3.8, 4) is 0 Å². The van der Waals surface area contributed by atoms with Gasteiger partial charge in [-0.1, -0.05) is 13.8 Å². The molecule has 0 radical (unpaired) electrons. The van der Waals surface area contributed by atoms with Gasteiger partial charge < -0.3 is 5.32 Å². The maximum atomic E-state index is 12.0. The van der Waals surface area contributed by atoms with E-state index in [1.54, 1.807) is 20.1 Å². The highest BCUT2D eigenvalue weighted by Gasteiger charge is 2.28. The molecule has 1 heterocycles. The Morgan fingerprint density at radius 3 is 2.57 bits per heavy atom. The van der Waals surface area contributed by atoms with E-state index in [-0.39, 0.29) is 23.1 Å². The van der Waals surface area contributed by atoms with Crippen molar-refractivity contribution in [3.63, 3.8) is 0 Å². The van der Waals surface area contributed by atoms with E-state index in [0.717, 1.165) is 0 Å². The van der Waals surface area contributed by atoms with Crippen LogP contribution in [0, 0.1) is 0 Å². The third-order valence-electron chi connectivity index (χ3n) is 2.72. The third kappa shape index (κ3) is 4.90. The first-order valence-corrected chi connectivity index (χ1v) is 9.61. The molecule has 0 aliphatic carbocycles. The Kier molecular flexibility index (Phi) is 6.05. The van der Waals surface area contributed by atoms with Crippen LogP contribution >= 0.6 is 0 Å². The van der Waals surface area contributed by atoms with Crippen LogP contribution in [0.4, 0.5) is 0 Å². The second-order valence-corrected chi connectivity index (χ2v) is 7.95. The Bertz CT molecular complexity index is 637. The van der Waals surface area contributed by atoms with Gasteiger partial charge in [0.25, 0.3) is 5.91 Å². The van der Waals surface area contributed by atoms with E-state index < -0.39 is 26.7 Å². The largest absolute Gasteiger partial charge is 0.351 e. The lowest BCUT2D eigenvalue weighted by atomic mass is 10.1. The van der Waals surface area contributed by atoms with Crippen LogP contribution in [0.5, 0.6) is 0 Å². The van der Waals surface area contributed by atoms with Crippen molar-refractivity contribution in [2.75, 3.05) is 18.6 Å². The van der Waals surface area contributed by atoms with Crippen LogP contribution in [0.2, 0.25) is 0 Å². The van der Waals surface area contributed by atoms with E-state index in [1.807, 2.05) is 0 Å². The van der Waals surface area contributed by atoms with Crippen LogP contribution in [0.3, 0.4) is 0 Å². The zero-order valence-corrected chi connectivity index (χ0v) is 13.8. The predicted molar refractivity (Wildman–Crippen MR) is 79.9 cm³/mol. The first-order valence-electron chi connectivity index (χ1n) is 6.34. The lowest BCUT2D eigenvalue weighted by Gasteiger charge is -2.06. The molecule has 21 heavy (non-hydrogen) atoms. The number of nitrogens with two attached hydrogens (primary N) is 1.